The SMILES string of the molecule is CCC(=O)O.CCO[Si](OCC)(OCC)C(N)CC. The van der Waals surface area contributed by atoms with Crippen LogP contribution in [0.3, 0.4) is 0 Å². The molecule has 0 saturated heterocycles. The summed E-state index contributed by atoms with van der Waals surface area (Å²) in [6.07, 6.45) is 1.03. The molecule has 1 unspecified atom stereocenters. The van der Waals surface area contributed by atoms with Gasteiger partial charge in [-0.3, -0.25) is 4.79 Å². The molecule has 1 atom stereocenters. The Hall–Kier alpha value is -0.473. The van der Waals surface area contributed by atoms with Crippen LogP contribution < -0.4 is 5.73 Å². The Bertz CT molecular complexity index is 211. The summed E-state index contributed by atoms with van der Waals surface area (Å²) < 4.78 is 16.9. The van der Waals surface area contributed by atoms with E-state index in [2.05, 4.69) is 0 Å². The van der Waals surface area contributed by atoms with Gasteiger partial charge in [0.2, 0.25) is 0 Å². The molecule has 116 valence electrons. The maximum atomic E-state index is 9.37. The van der Waals surface area contributed by atoms with E-state index in [4.69, 9.17) is 24.1 Å². The summed E-state index contributed by atoms with van der Waals surface area (Å²) in [7, 11) is -2.62. The molecule has 19 heavy (non-hydrogen) atoms. The molecule has 0 aliphatic heterocycles. The number of carboxylic acids is 1. The second-order valence-corrected chi connectivity index (χ2v) is 6.48. The van der Waals surface area contributed by atoms with Crippen LogP contribution in [0, 0.1) is 0 Å². The van der Waals surface area contributed by atoms with Crippen molar-refractivity contribution in [3.8, 4) is 0 Å². The standard InChI is InChI=1S/C9H23NO3Si.C3H6O2/c1-5-9(10)14(11-6-2,12-7-3)13-8-4;1-2-3(4)5/h9H,5-8,10H2,1-4H3;2H2,1H3,(H,4,5). The number of carboxylic acid groups (broad SMARTS) is 1. The smallest absolute Gasteiger partial charge is 0.481 e. The average molecular weight is 295 g/mol. The molecule has 0 aromatic rings. The first kappa shape index (κ1) is 20.8. The van der Waals surface area contributed by atoms with Crippen LogP contribution in [0.25, 0.3) is 0 Å². The van der Waals surface area contributed by atoms with Gasteiger partial charge >= 0.3 is 14.8 Å². The van der Waals surface area contributed by atoms with Crippen molar-refractivity contribution in [3.63, 3.8) is 0 Å². The second-order valence-electron chi connectivity index (χ2n) is 3.66. The van der Waals surface area contributed by atoms with E-state index >= 15 is 0 Å². The molecule has 0 bridgehead atoms. The maximum Gasteiger partial charge on any atom is 0.518 e. The minimum atomic E-state index is -2.62. The van der Waals surface area contributed by atoms with Gasteiger partial charge in [0, 0.05) is 26.2 Å². The number of hydrogen-bond donors (Lipinski definition) is 2. The zero-order chi connectivity index (χ0) is 15.3. The maximum absolute atomic E-state index is 9.37. The number of nitrogens with two attached hydrogens (primary N) is 1. The van der Waals surface area contributed by atoms with Gasteiger partial charge in [0.05, 0.1) is 5.67 Å². The summed E-state index contributed by atoms with van der Waals surface area (Å²) in [4.78, 5) is 9.37. The van der Waals surface area contributed by atoms with E-state index in [0.717, 1.165) is 6.42 Å². The van der Waals surface area contributed by atoms with Crippen molar-refractivity contribution in [2.24, 2.45) is 5.73 Å². The van der Waals surface area contributed by atoms with Crippen LogP contribution in [-0.4, -0.2) is 45.4 Å². The normalized spacial score (nSPS) is 12.5. The van der Waals surface area contributed by atoms with E-state index in [-0.39, 0.29) is 12.1 Å². The fourth-order valence-electron chi connectivity index (χ4n) is 1.30. The molecule has 0 fully saturated rings. The molecule has 0 aromatic heterocycles. The summed E-state index contributed by atoms with van der Waals surface area (Å²) in [5.41, 5.74) is 5.87. The van der Waals surface area contributed by atoms with Crippen LogP contribution in [0.5, 0.6) is 0 Å². The summed E-state index contributed by atoms with van der Waals surface area (Å²) in [6, 6.07) is 0. The van der Waals surface area contributed by atoms with E-state index < -0.39 is 14.8 Å². The van der Waals surface area contributed by atoms with Gasteiger partial charge in [-0.2, -0.15) is 0 Å². The second kappa shape index (κ2) is 12.6. The lowest BCUT2D eigenvalue weighted by Gasteiger charge is -2.32. The molecule has 7 heteroatoms. The molecule has 0 aromatic carbocycles. The quantitative estimate of drug-likeness (QED) is 0.630. The molecule has 0 rings (SSSR count). The zero-order valence-electron chi connectivity index (χ0n) is 12.8. The van der Waals surface area contributed by atoms with E-state index in [0.29, 0.717) is 19.8 Å². The highest BCUT2D eigenvalue weighted by atomic mass is 28.4. The first-order valence-corrected chi connectivity index (χ1v) is 8.63. The molecule has 0 aliphatic carbocycles. The van der Waals surface area contributed by atoms with Crippen molar-refractivity contribution in [1.82, 2.24) is 0 Å². The minimum absolute atomic E-state index is 0.123. The van der Waals surface area contributed by atoms with Crippen LogP contribution in [0.4, 0.5) is 0 Å². The first-order valence-electron chi connectivity index (χ1n) is 6.83. The third-order valence-electron chi connectivity index (χ3n) is 2.23. The number of aliphatic carboxylic acids is 1. The summed E-state index contributed by atoms with van der Waals surface area (Å²) in [5.74, 6) is -0.745. The van der Waals surface area contributed by atoms with Gasteiger partial charge in [0.15, 0.2) is 0 Å². The first-order chi connectivity index (χ1) is 8.93. The molecular formula is C12H29NO5Si. The molecular weight excluding hydrogens is 266 g/mol. The molecule has 0 amide bonds. The predicted octanol–water partition coefficient (Wildman–Crippen LogP) is 1.79. The predicted molar refractivity (Wildman–Crippen MR) is 76.8 cm³/mol. The topological polar surface area (TPSA) is 91.0 Å². The van der Waals surface area contributed by atoms with E-state index in [1.807, 2.05) is 27.7 Å². The molecule has 0 aliphatic rings. The van der Waals surface area contributed by atoms with Crippen LogP contribution in [0.1, 0.15) is 47.5 Å². The molecule has 0 radical (unpaired) electrons. The zero-order valence-corrected chi connectivity index (χ0v) is 13.8. The Balaban J connectivity index is 0. The Labute approximate surface area is 117 Å². The van der Waals surface area contributed by atoms with E-state index in [9.17, 15) is 4.79 Å². The van der Waals surface area contributed by atoms with Crippen molar-refractivity contribution < 1.29 is 23.2 Å². The van der Waals surface area contributed by atoms with Gasteiger partial charge in [-0.25, -0.2) is 0 Å². The third-order valence-corrected chi connectivity index (χ3v) is 5.62. The van der Waals surface area contributed by atoms with E-state index in [1.165, 1.54) is 0 Å². The summed E-state index contributed by atoms with van der Waals surface area (Å²) in [5, 5.41) is 7.72. The molecule has 0 heterocycles. The van der Waals surface area contributed by atoms with Crippen molar-refractivity contribution in [3.05, 3.63) is 0 Å². The van der Waals surface area contributed by atoms with Crippen molar-refractivity contribution in [2.75, 3.05) is 19.8 Å². The number of hydrogen-bond acceptors (Lipinski definition) is 5. The highest BCUT2D eigenvalue weighted by Gasteiger charge is 2.46. The third kappa shape index (κ3) is 9.12. The Morgan fingerprint density at radius 3 is 1.53 bits per heavy atom. The van der Waals surface area contributed by atoms with Crippen LogP contribution in [0.2, 0.25) is 0 Å². The highest BCUT2D eigenvalue weighted by Crippen LogP contribution is 2.15. The fraction of sp³-hybridized carbons (Fsp3) is 0.917. The average Bonchev–Trinajstić information content (AvgIpc) is 2.39. The van der Waals surface area contributed by atoms with Crippen LogP contribution >= 0.6 is 0 Å². The summed E-state index contributed by atoms with van der Waals surface area (Å²) >= 11 is 0. The summed E-state index contributed by atoms with van der Waals surface area (Å²) in [6.45, 7) is 11.2. The molecule has 6 nitrogen and oxygen atoms in total. The molecule has 0 saturated carbocycles. The van der Waals surface area contributed by atoms with Gasteiger partial charge in [-0.1, -0.05) is 13.8 Å². The molecule has 0 spiro atoms. The number of carbonyl (C=O) groups is 1. The van der Waals surface area contributed by atoms with Crippen molar-refractivity contribution in [1.29, 1.82) is 0 Å². The van der Waals surface area contributed by atoms with Gasteiger partial charge in [-0.15, -0.1) is 0 Å². The lowest BCUT2D eigenvalue weighted by molar-refractivity contribution is -0.136. The van der Waals surface area contributed by atoms with Gasteiger partial charge in [0.1, 0.15) is 0 Å². The van der Waals surface area contributed by atoms with Gasteiger partial charge in [0.25, 0.3) is 0 Å². The van der Waals surface area contributed by atoms with E-state index in [1.54, 1.807) is 6.92 Å². The van der Waals surface area contributed by atoms with Crippen molar-refractivity contribution in [2.45, 2.75) is 53.1 Å². The highest BCUT2D eigenvalue weighted by molar-refractivity contribution is 6.62. The largest absolute Gasteiger partial charge is 0.518 e. The Morgan fingerprint density at radius 2 is 1.37 bits per heavy atom. The molecule has 3 N–H and O–H groups in total. The van der Waals surface area contributed by atoms with Crippen molar-refractivity contribution >= 4 is 14.8 Å². The lowest BCUT2D eigenvalue weighted by atomic mass is 10.5. The Morgan fingerprint density at radius 1 is 1.05 bits per heavy atom. The van der Waals surface area contributed by atoms with Crippen LogP contribution in [-0.2, 0) is 18.1 Å². The fourth-order valence-corrected chi connectivity index (χ4v) is 3.90. The minimum Gasteiger partial charge on any atom is -0.481 e. The monoisotopic (exact) mass is 295 g/mol. The lowest BCUT2D eigenvalue weighted by Crippen LogP contribution is -2.60. The Kier molecular flexibility index (Phi) is 13.8. The van der Waals surface area contributed by atoms with Crippen LogP contribution in [0.15, 0.2) is 0 Å². The number of rotatable bonds is 9. The van der Waals surface area contributed by atoms with Gasteiger partial charge < -0.3 is 24.1 Å². The van der Waals surface area contributed by atoms with Gasteiger partial charge in [-0.05, 0) is 27.2 Å².